The minimum absolute atomic E-state index is 0.124. The van der Waals surface area contributed by atoms with Crippen LogP contribution in [-0.2, 0) is 9.59 Å². The molecule has 0 spiro atoms. The topological polar surface area (TPSA) is 113 Å². The zero-order chi connectivity index (χ0) is 34.4. The molecule has 47 heavy (non-hydrogen) atoms. The third-order valence-corrected chi connectivity index (χ3v) is 8.65. The molecule has 2 N–H and O–H groups in total. The van der Waals surface area contributed by atoms with Gasteiger partial charge in [-0.1, -0.05) is 161 Å². The van der Waals surface area contributed by atoms with Crippen molar-refractivity contribution in [1.29, 1.82) is 0 Å². The predicted molar refractivity (Wildman–Crippen MR) is 191 cm³/mol. The van der Waals surface area contributed by atoms with Crippen LogP contribution < -0.4 is 9.47 Å². The Morgan fingerprint density at radius 1 is 0.532 bits per heavy atom. The Hall–Kier alpha value is -2.77. The van der Waals surface area contributed by atoms with E-state index in [9.17, 15) is 24.6 Å². The van der Waals surface area contributed by atoms with E-state index in [1.165, 1.54) is 122 Å². The maximum absolute atomic E-state index is 13.4. The largest absolute Gasteiger partial charge is 0.490 e. The smallest absolute Gasteiger partial charge is 0.323 e. The lowest BCUT2D eigenvalue weighted by Crippen LogP contribution is -2.39. The summed E-state index contributed by atoms with van der Waals surface area (Å²) in [6.07, 6.45) is 29.7. The van der Waals surface area contributed by atoms with Crippen molar-refractivity contribution in [2.24, 2.45) is 0 Å². The average molecular weight is 662 g/mol. The highest BCUT2D eigenvalue weighted by atomic mass is 16.5. The zero-order valence-electron chi connectivity index (χ0n) is 29.9. The lowest BCUT2D eigenvalue weighted by Gasteiger charge is -2.22. The number of nitrogens with zero attached hydrogens (tertiary/aromatic N) is 1. The van der Waals surface area contributed by atoms with E-state index in [1.54, 1.807) is 18.2 Å². The van der Waals surface area contributed by atoms with Crippen molar-refractivity contribution in [2.45, 2.75) is 168 Å². The quantitative estimate of drug-likeness (QED) is 0.0721. The van der Waals surface area contributed by atoms with Crippen LogP contribution in [-0.4, -0.2) is 59.3 Å². The Labute approximate surface area is 286 Å². The molecule has 8 heteroatoms. The number of carbonyl (C=O) groups excluding carboxylic acids is 1. The van der Waals surface area contributed by atoms with Gasteiger partial charge in [-0.2, -0.15) is 0 Å². The molecule has 1 rings (SSSR count). The summed E-state index contributed by atoms with van der Waals surface area (Å²) >= 11 is 0. The van der Waals surface area contributed by atoms with Gasteiger partial charge < -0.3 is 24.6 Å². The average Bonchev–Trinajstić information content (AvgIpc) is 3.04. The van der Waals surface area contributed by atoms with Crippen LogP contribution >= 0.6 is 0 Å². The van der Waals surface area contributed by atoms with E-state index in [0.29, 0.717) is 19.0 Å². The van der Waals surface area contributed by atoms with Crippen LogP contribution in [0.5, 0.6) is 11.5 Å². The normalized spacial score (nSPS) is 11.0. The summed E-state index contributed by atoms with van der Waals surface area (Å²) in [6, 6.07) is 4.97. The number of carbonyl (C=O) groups is 3. The molecule has 270 valence electrons. The number of hydrogen-bond donors (Lipinski definition) is 2. The first-order valence-electron chi connectivity index (χ1n) is 19.0. The van der Waals surface area contributed by atoms with Crippen LogP contribution in [0.4, 0.5) is 0 Å². The third kappa shape index (κ3) is 22.4. The highest BCUT2D eigenvalue weighted by Gasteiger charge is 2.26. The van der Waals surface area contributed by atoms with Crippen molar-refractivity contribution in [3.05, 3.63) is 23.8 Å². The molecule has 1 aromatic rings. The Morgan fingerprint density at radius 2 is 0.894 bits per heavy atom. The van der Waals surface area contributed by atoms with Crippen molar-refractivity contribution in [2.75, 3.05) is 26.3 Å². The number of benzene rings is 1. The van der Waals surface area contributed by atoms with Crippen molar-refractivity contribution in [3.8, 4) is 11.5 Å². The maximum Gasteiger partial charge on any atom is 0.323 e. The summed E-state index contributed by atoms with van der Waals surface area (Å²) in [6.45, 7) is 3.95. The number of hydrogen-bond acceptors (Lipinski definition) is 5. The number of unbranched alkanes of at least 4 members (excludes halogenated alkanes) is 22. The van der Waals surface area contributed by atoms with Crippen molar-refractivity contribution >= 4 is 17.8 Å². The summed E-state index contributed by atoms with van der Waals surface area (Å²) in [7, 11) is 0. The fraction of sp³-hybridized carbons (Fsp3) is 0.769. The van der Waals surface area contributed by atoms with Gasteiger partial charge >= 0.3 is 11.9 Å². The molecule has 0 fully saturated rings. The van der Waals surface area contributed by atoms with E-state index in [-0.39, 0.29) is 11.3 Å². The molecule has 0 unspecified atom stereocenters. The minimum Gasteiger partial charge on any atom is -0.490 e. The van der Waals surface area contributed by atoms with E-state index in [1.807, 2.05) is 0 Å². The molecule has 1 amide bonds. The highest BCUT2D eigenvalue weighted by molar-refractivity contribution is 6.00. The lowest BCUT2D eigenvalue weighted by molar-refractivity contribution is -0.140. The molecule has 0 saturated heterocycles. The number of ether oxygens (including phenoxy) is 2. The van der Waals surface area contributed by atoms with Gasteiger partial charge in [-0.3, -0.25) is 14.4 Å². The molecule has 8 nitrogen and oxygen atoms in total. The van der Waals surface area contributed by atoms with Gasteiger partial charge in [-0.25, -0.2) is 0 Å². The number of carboxylic acids is 2. The molecule has 0 radical (unpaired) electrons. The van der Waals surface area contributed by atoms with Crippen LogP contribution in [0.25, 0.3) is 0 Å². The summed E-state index contributed by atoms with van der Waals surface area (Å²) in [4.78, 5) is 37.0. The Kier molecular flexibility index (Phi) is 26.4. The van der Waals surface area contributed by atoms with Gasteiger partial charge in [0.05, 0.1) is 18.8 Å². The molecule has 0 heterocycles. The number of carboxylic acid groups (broad SMARTS) is 2. The van der Waals surface area contributed by atoms with Gasteiger partial charge in [0.2, 0.25) is 0 Å². The van der Waals surface area contributed by atoms with Gasteiger partial charge in [0.15, 0.2) is 11.5 Å². The predicted octanol–water partition coefficient (Wildman–Crippen LogP) is 10.5. The Bertz CT molecular complexity index is 935. The second kappa shape index (κ2) is 29.4. The van der Waals surface area contributed by atoms with Gasteiger partial charge in [0, 0.05) is 0 Å². The molecule has 0 aliphatic rings. The summed E-state index contributed by atoms with van der Waals surface area (Å²) in [5.74, 6) is -2.56. The SMILES string of the molecule is CCCCCCCCCCCCCCOc1cccc(C(=O)N(CC(=O)O)CC(=O)O)c1OCCCCCCCCCCCCCC. The maximum atomic E-state index is 13.4. The first-order valence-corrected chi connectivity index (χ1v) is 19.0. The van der Waals surface area contributed by atoms with Crippen molar-refractivity contribution in [3.63, 3.8) is 0 Å². The monoisotopic (exact) mass is 661 g/mol. The molecule has 0 bridgehead atoms. The number of amides is 1. The molecule has 0 saturated carbocycles. The van der Waals surface area contributed by atoms with E-state index in [0.717, 1.165) is 37.0 Å². The highest BCUT2D eigenvalue weighted by Crippen LogP contribution is 2.33. The third-order valence-electron chi connectivity index (χ3n) is 8.65. The van der Waals surface area contributed by atoms with Crippen LogP contribution in [0.3, 0.4) is 0 Å². The number of rotatable bonds is 33. The van der Waals surface area contributed by atoms with E-state index >= 15 is 0 Å². The molecular formula is C39H67NO7. The summed E-state index contributed by atoms with van der Waals surface area (Å²) in [5.41, 5.74) is 0.124. The van der Waals surface area contributed by atoms with Gasteiger partial charge in [-0.05, 0) is 25.0 Å². The zero-order valence-corrected chi connectivity index (χ0v) is 29.9. The van der Waals surface area contributed by atoms with Gasteiger partial charge in [-0.15, -0.1) is 0 Å². The Morgan fingerprint density at radius 3 is 1.28 bits per heavy atom. The van der Waals surface area contributed by atoms with E-state index in [4.69, 9.17) is 9.47 Å². The lowest BCUT2D eigenvalue weighted by atomic mass is 10.1. The van der Waals surface area contributed by atoms with Crippen LogP contribution in [0.2, 0.25) is 0 Å². The van der Waals surface area contributed by atoms with E-state index < -0.39 is 30.9 Å². The number of aliphatic carboxylic acids is 2. The van der Waals surface area contributed by atoms with Crippen LogP contribution in [0.15, 0.2) is 18.2 Å². The fourth-order valence-corrected chi connectivity index (χ4v) is 5.89. The molecule has 0 aliphatic carbocycles. The first-order chi connectivity index (χ1) is 22.9. The van der Waals surface area contributed by atoms with Crippen molar-refractivity contribution < 1.29 is 34.1 Å². The van der Waals surface area contributed by atoms with Crippen LogP contribution in [0.1, 0.15) is 178 Å². The van der Waals surface area contributed by atoms with Crippen molar-refractivity contribution in [1.82, 2.24) is 4.90 Å². The summed E-state index contributed by atoms with van der Waals surface area (Å²) in [5, 5.41) is 18.6. The standard InChI is InChI=1S/C39H67NO7/c1-3-5-7-9-11-13-15-17-19-21-23-25-30-46-35-29-27-28-34(39(45)40(32-36(41)42)33-37(43)44)38(35)47-31-26-24-22-20-18-16-14-12-10-8-6-4-2/h27-29H,3-26,30-33H2,1-2H3,(H,41,42)(H,43,44). The molecule has 1 aromatic carbocycles. The number of para-hydroxylation sites is 1. The van der Waals surface area contributed by atoms with Gasteiger partial charge in [0.1, 0.15) is 13.1 Å². The summed E-state index contributed by atoms with van der Waals surface area (Å²) < 4.78 is 12.2. The molecular weight excluding hydrogens is 594 g/mol. The Balaban J connectivity index is 2.60. The second-order valence-electron chi connectivity index (χ2n) is 13.1. The molecule has 0 aromatic heterocycles. The first kappa shape index (κ1) is 42.3. The molecule has 0 atom stereocenters. The second-order valence-corrected chi connectivity index (χ2v) is 13.1. The van der Waals surface area contributed by atoms with E-state index in [2.05, 4.69) is 13.8 Å². The van der Waals surface area contributed by atoms with Crippen LogP contribution in [0, 0.1) is 0 Å². The van der Waals surface area contributed by atoms with Gasteiger partial charge in [0.25, 0.3) is 5.91 Å². The molecule has 0 aliphatic heterocycles. The minimum atomic E-state index is -1.28. The fourth-order valence-electron chi connectivity index (χ4n) is 5.89.